The van der Waals surface area contributed by atoms with Gasteiger partial charge in [0, 0.05) is 22.7 Å². The summed E-state index contributed by atoms with van der Waals surface area (Å²) in [5.74, 6) is -0.564. The highest BCUT2D eigenvalue weighted by Crippen LogP contribution is 2.30. The molecule has 0 aliphatic rings. The molecule has 20 heavy (non-hydrogen) atoms. The van der Waals surface area contributed by atoms with Crippen LogP contribution in [0.25, 0.3) is 6.08 Å². The fraction of sp³-hybridized carbons (Fsp3) is 0.143. The predicted molar refractivity (Wildman–Crippen MR) is 79.3 cm³/mol. The normalized spacial score (nSPS) is 10.9. The van der Waals surface area contributed by atoms with Crippen molar-refractivity contribution in [1.82, 2.24) is 4.98 Å². The number of carbonyl (C=O) groups is 1. The van der Waals surface area contributed by atoms with E-state index in [9.17, 15) is 4.79 Å². The molecule has 0 atom stereocenters. The van der Waals surface area contributed by atoms with Gasteiger partial charge < -0.3 is 9.84 Å². The van der Waals surface area contributed by atoms with Crippen molar-refractivity contribution in [3.63, 3.8) is 0 Å². The van der Waals surface area contributed by atoms with Crippen LogP contribution in [0.15, 0.2) is 29.7 Å². The fourth-order valence-electron chi connectivity index (χ4n) is 1.57. The number of aliphatic carboxylic acids is 1. The van der Waals surface area contributed by atoms with Gasteiger partial charge in [0.05, 0.1) is 5.02 Å². The molecule has 0 amide bonds. The van der Waals surface area contributed by atoms with E-state index < -0.39 is 5.97 Å². The first-order valence-electron chi connectivity index (χ1n) is 5.79. The summed E-state index contributed by atoms with van der Waals surface area (Å²) in [6.07, 6.45) is 2.50. The molecule has 0 spiro atoms. The first-order chi connectivity index (χ1) is 9.56. The summed E-state index contributed by atoms with van der Waals surface area (Å²) in [6, 6.07) is 5.18. The monoisotopic (exact) mass is 309 g/mol. The molecule has 6 heteroatoms. The Morgan fingerprint density at radius 1 is 1.55 bits per heavy atom. The third-order valence-electron chi connectivity index (χ3n) is 2.41. The lowest BCUT2D eigenvalue weighted by molar-refractivity contribution is -0.131. The number of nitrogens with zero attached hydrogens (tertiary/aromatic N) is 1. The van der Waals surface area contributed by atoms with Crippen LogP contribution in [0.5, 0.6) is 5.75 Å². The van der Waals surface area contributed by atoms with Gasteiger partial charge in [0.15, 0.2) is 0 Å². The Kier molecular flexibility index (Phi) is 4.76. The molecule has 0 saturated heterocycles. The molecule has 0 unspecified atom stereocenters. The Balaban J connectivity index is 2.19. The van der Waals surface area contributed by atoms with Crippen molar-refractivity contribution >= 4 is 35.0 Å². The highest BCUT2D eigenvalue weighted by molar-refractivity contribution is 7.09. The van der Waals surface area contributed by atoms with Crippen LogP contribution in [-0.4, -0.2) is 16.1 Å². The zero-order valence-corrected chi connectivity index (χ0v) is 12.2. The smallest absolute Gasteiger partial charge is 0.328 e. The number of para-hydroxylation sites is 1. The van der Waals surface area contributed by atoms with E-state index in [2.05, 4.69) is 4.98 Å². The third kappa shape index (κ3) is 3.82. The van der Waals surface area contributed by atoms with Crippen LogP contribution in [0.1, 0.15) is 16.3 Å². The molecule has 1 N–H and O–H groups in total. The number of hydrogen-bond donors (Lipinski definition) is 1. The van der Waals surface area contributed by atoms with Gasteiger partial charge in [-0.3, -0.25) is 0 Å². The van der Waals surface area contributed by atoms with Crippen LogP contribution >= 0.6 is 22.9 Å². The molecule has 2 aromatic rings. The van der Waals surface area contributed by atoms with E-state index in [1.807, 2.05) is 12.3 Å². The topological polar surface area (TPSA) is 59.4 Å². The Morgan fingerprint density at radius 2 is 2.35 bits per heavy atom. The molecule has 0 bridgehead atoms. The molecular weight excluding hydrogens is 298 g/mol. The zero-order chi connectivity index (χ0) is 14.5. The SMILES string of the molecule is Cc1csc(COc2c(Cl)cccc2/C=C/C(=O)O)n1. The minimum atomic E-state index is -1.02. The fourth-order valence-corrected chi connectivity index (χ4v) is 2.49. The molecule has 0 fully saturated rings. The number of carboxylic acids is 1. The van der Waals surface area contributed by atoms with Crippen molar-refractivity contribution in [2.75, 3.05) is 0 Å². The van der Waals surface area contributed by atoms with Crippen LogP contribution in [0.4, 0.5) is 0 Å². The van der Waals surface area contributed by atoms with Crippen molar-refractivity contribution in [2.24, 2.45) is 0 Å². The van der Waals surface area contributed by atoms with Crippen molar-refractivity contribution in [2.45, 2.75) is 13.5 Å². The second-order valence-corrected chi connectivity index (χ2v) is 5.35. The number of aryl methyl sites for hydroxylation is 1. The molecule has 0 aliphatic heterocycles. The minimum Gasteiger partial charge on any atom is -0.484 e. The summed E-state index contributed by atoms with van der Waals surface area (Å²) < 4.78 is 5.67. The summed E-state index contributed by atoms with van der Waals surface area (Å²) in [4.78, 5) is 14.9. The first-order valence-corrected chi connectivity index (χ1v) is 7.05. The van der Waals surface area contributed by atoms with Gasteiger partial charge in [0.1, 0.15) is 17.4 Å². The van der Waals surface area contributed by atoms with Crippen molar-refractivity contribution in [3.8, 4) is 5.75 Å². The molecule has 4 nitrogen and oxygen atoms in total. The second kappa shape index (κ2) is 6.54. The van der Waals surface area contributed by atoms with Crippen LogP contribution in [0.3, 0.4) is 0 Å². The van der Waals surface area contributed by atoms with E-state index in [0.717, 1.165) is 16.8 Å². The van der Waals surface area contributed by atoms with E-state index in [0.29, 0.717) is 22.9 Å². The lowest BCUT2D eigenvalue weighted by Crippen LogP contribution is -1.97. The average Bonchev–Trinajstić information content (AvgIpc) is 2.81. The summed E-state index contributed by atoms with van der Waals surface area (Å²) in [5.41, 5.74) is 1.56. The number of hydrogen-bond acceptors (Lipinski definition) is 4. The van der Waals surface area contributed by atoms with Gasteiger partial charge in [0.2, 0.25) is 0 Å². The van der Waals surface area contributed by atoms with Crippen LogP contribution in [0, 0.1) is 6.92 Å². The van der Waals surface area contributed by atoms with Crippen LogP contribution in [0.2, 0.25) is 5.02 Å². The molecule has 1 aromatic carbocycles. The van der Waals surface area contributed by atoms with Crippen LogP contribution in [-0.2, 0) is 11.4 Å². The zero-order valence-electron chi connectivity index (χ0n) is 10.7. The van der Waals surface area contributed by atoms with Crippen molar-refractivity contribution in [3.05, 3.63) is 50.9 Å². The highest BCUT2D eigenvalue weighted by atomic mass is 35.5. The molecule has 0 aliphatic carbocycles. The average molecular weight is 310 g/mol. The lowest BCUT2D eigenvalue weighted by Gasteiger charge is -2.09. The maximum atomic E-state index is 10.6. The second-order valence-electron chi connectivity index (χ2n) is 4.00. The van der Waals surface area contributed by atoms with E-state index in [-0.39, 0.29) is 0 Å². The maximum absolute atomic E-state index is 10.6. The molecule has 104 valence electrons. The van der Waals surface area contributed by atoms with E-state index >= 15 is 0 Å². The number of aromatic nitrogens is 1. The lowest BCUT2D eigenvalue weighted by atomic mass is 10.2. The number of rotatable bonds is 5. The number of halogens is 1. The maximum Gasteiger partial charge on any atom is 0.328 e. The highest BCUT2D eigenvalue weighted by Gasteiger charge is 2.08. The molecule has 0 radical (unpaired) electrons. The van der Waals surface area contributed by atoms with E-state index in [1.165, 1.54) is 17.4 Å². The number of carboxylic acid groups (broad SMARTS) is 1. The quantitative estimate of drug-likeness (QED) is 0.854. The third-order valence-corrected chi connectivity index (χ3v) is 3.65. The first kappa shape index (κ1) is 14.6. The Labute approximate surface area is 125 Å². The van der Waals surface area contributed by atoms with E-state index in [4.69, 9.17) is 21.4 Å². The number of thiazole rings is 1. The molecular formula is C14H12ClNO3S. The van der Waals surface area contributed by atoms with Crippen LogP contribution < -0.4 is 4.74 Å². The molecule has 0 saturated carbocycles. The Bertz CT molecular complexity index is 652. The van der Waals surface area contributed by atoms with Gasteiger partial charge in [-0.1, -0.05) is 23.7 Å². The van der Waals surface area contributed by atoms with Gasteiger partial charge in [-0.15, -0.1) is 11.3 Å². The standard InChI is InChI=1S/C14H12ClNO3S/c1-9-8-20-12(16-9)7-19-14-10(5-6-13(17)18)3-2-4-11(14)15/h2-6,8H,7H2,1H3,(H,17,18)/b6-5+. The minimum absolute atomic E-state index is 0.302. The van der Waals surface area contributed by atoms with Gasteiger partial charge in [-0.05, 0) is 19.1 Å². The summed E-state index contributed by atoms with van der Waals surface area (Å²) in [5, 5.41) is 11.9. The largest absolute Gasteiger partial charge is 0.484 e. The predicted octanol–water partition coefficient (Wildman–Crippen LogP) is 3.78. The Hall–Kier alpha value is -1.85. The molecule has 2 rings (SSSR count). The molecule has 1 aromatic heterocycles. The van der Waals surface area contributed by atoms with Gasteiger partial charge in [-0.25, -0.2) is 9.78 Å². The van der Waals surface area contributed by atoms with E-state index in [1.54, 1.807) is 18.2 Å². The number of ether oxygens (including phenoxy) is 1. The summed E-state index contributed by atoms with van der Waals surface area (Å²) >= 11 is 7.60. The number of benzene rings is 1. The summed E-state index contributed by atoms with van der Waals surface area (Å²) in [6.45, 7) is 2.21. The van der Waals surface area contributed by atoms with Gasteiger partial charge in [-0.2, -0.15) is 0 Å². The van der Waals surface area contributed by atoms with Crippen molar-refractivity contribution < 1.29 is 14.6 Å². The molecule has 1 heterocycles. The Morgan fingerprint density at radius 3 is 3.00 bits per heavy atom. The summed E-state index contributed by atoms with van der Waals surface area (Å²) in [7, 11) is 0. The van der Waals surface area contributed by atoms with Crippen molar-refractivity contribution in [1.29, 1.82) is 0 Å². The van der Waals surface area contributed by atoms with Gasteiger partial charge >= 0.3 is 5.97 Å². The van der Waals surface area contributed by atoms with Gasteiger partial charge in [0.25, 0.3) is 0 Å².